The Morgan fingerprint density at radius 2 is 2.00 bits per heavy atom. The van der Waals surface area contributed by atoms with Crippen LogP contribution in [0.15, 0.2) is 12.1 Å². The third-order valence-electron chi connectivity index (χ3n) is 6.71. The maximum absolute atomic E-state index is 12.2. The Morgan fingerprint density at radius 1 is 1.30 bits per heavy atom. The zero-order chi connectivity index (χ0) is 27.0. The van der Waals surface area contributed by atoms with Gasteiger partial charge in [0.05, 0.1) is 25.3 Å². The molecule has 1 aliphatic carbocycles. The van der Waals surface area contributed by atoms with Crippen LogP contribution < -0.4 is 5.32 Å². The fraction of sp³-hybridized carbons (Fsp3) is 0.667. The molecule has 0 aromatic carbocycles. The van der Waals surface area contributed by atoms with E-state index in [1.54, 1.807) is 12.1 Å². The first-order valence-corrected chi connectivity index (χ1v) is 13.7. The van der Waals surface area contributed by atoms with E-state index >= 15 is 0 Å². The van der Waals surface area contributed by atoms with Crippen molar-refractivity contribution >= 4 is 36.5 Å². The van der Waals surface area contributed by atoms with Gasteiger partial charge in [0.1, 0.15) is 29.9 Å². The number of nitrogens with one attached hydrogen (secondary N) is 1. The number of nitrogens with zero attached hydrogens (tertiary/aromatic N) is 3. The maximum atomic E-state index is 12.2. The first kappa shape index (κ1) is 28.1. The first-order valence-electron chi connectivity index (χ1n) is 11.7. The fourth-order valence-corrected chi connectivity index (χ4v) is 5.86. The van der Waals surface area contributed by atoms with Crippen molar-refractivity contribution in [3.8, 4) is 0 Å². The standard InChI is InChI=1S/C21H30ClN4O10P/c1-34-10-21(8-15(27)28,37(31,32)33)35-9-14-16(29)17(30)18(36-14)12-6-7-13-19(23-11-4-2-3-5-11)24-20(22)25-26(12)13/h6-7,11,14,16-18,29-30H,2-5,8-10H2,1H3,(H,27,28)(H,23,24,25)(H2,31,32,33)/t14-,16-,17-,18+,21?/m1/s1. The highest BCUT2D eigenvalue weighted by Gasteiger charge is 2.52. The number of carboxylic acid groups (broad SMARTS) is 1. The summed E-state index contributed by atoms with van der Waals surface area (Å²) >= 11 is 6.16. The van der Waals surface area contributed by atoms with Crippen LogP contribution in [0, 0.1) is 0 Å². The topological polar surface area (TPSA) is 205 Å². The number of hydrogen-bond donors (Lipinski definition) is 6. The fourth-order valence-electron chi connectivity index (χ4n) is 4.82. The highest BCUT2D eigenvalue weighted by Crippen LogP contribution is 2.54. The monoisotopic (exact) mass is 564 g/mol. The van der Waals surface area contributed by atoms with Crippen LogP contribution in [0.5, 0.6) is 0 Å². The minimum absolute atomic E-state index is 0.0435. The largest absolute Gasteiger partial charge is 0.481 e. The van der Waals surface area contributed by atoms with Crippen molar-refractivity contribution in [1.29, 1.82) is 0 Å². The van der Waals surface area contributed by atoms with E-state index in [2.05, 4.69) is 15.4 Å². The molecule has 1 saturated heterocycles. The zero-order valence-electron chi connectivity index (χ0n) is 19.9. The molecule has 206 valence electrons. The molecule has 5 atom stereocenters. The average molecular weight is 565 g/mol. The Balaban J connectivity index is 1.56. The number of aliphatic carboxylic acids is 1. The van der Waals surface area contributed by atoms with Crippen LogP contribution in [0.3, 0.4) is 0 Å². The lowest BCUT2D eigenvalue weighted by molar-refractivity contribution is -0.149. The number of carbonyl (C=O) groups is 1. The minimum atomic E-state index is -5.16. The van der Waals surface area contributed by atoms with Gasteiger partial charge in [0, 0.05) is 13.2 Å². The Hall–Kier alpha value is -1.87. The molecule has 1 aliphatic heterocycles. The van der Waals surface area contributed by atoms with Crippen LogP contribution in [-0.2, 0) is 23.6 Å². The van der Waals surface area contributed by atoms with Crippen molar-refractivity contribution in [2.24, 2.45) is 0 Å². The van der Waals surface area contributed by atoms with Crippen LogP contribution >= 0.6 is 19.2 Å². The van der Waals surface area contributed by atoms with Crippen molar-refractivity contribution in [3.05, 3.63) is 23.1 Å². The second-order valence-corrected chi connectivity index (χ2v) is 11.5. The van der Waals surface area contributed by atoms with E-state index in [4.69, 9.17) is 25.8 Å². The third kappa shape index (κ3) is 5.77. The number of carboxylic acids is 1. The van der Waals surface area contributed by atoms with Gasteiger partial charge in [-0.25, -0.2) is 4.52 Å². The van der Waals surface area contributed by atoms with Crippen LogP contribution in [0.1, 0.15) is 43.9 Å². The van der Waals surface area contributed by atoms with Crippen molar-refractivity contribution in [3.63, 3.8) is 0 Å². The van der Waals surface area contributed by atoms with Gasteiger partial charge in [-0.15, -0.1) is 5.10 Å². The molecule has 1 saturated carbocycles. The number of methoxy groups -OCH3 is 1. The Morgan fingerprint density at radius 3 is 2.62 bits per heavy atom. The lowest BCUT2D eigenvalue weighted by atomic mass is 10.1. The van der Waals surface area contributed by atoms with Gasteiger partial charge in [-0.3, -0.25) is 9.36 Å². The molecule has 4 rings (SSSR count). The van der Waals surface area contributed by atoms with Gasteiger partial charge in [0.15, 0.2) is 5.82 Å². The number of rotatable bonds is 11. The molecule has 14 nitrogen and oxygen atoms in total. The van der Waals surface area contributed by atoms with Crippen molar-refractivity contribution < 1.29 is 48.7 Å². The van der Waals surface area contributed by atoms with Gasteiger partial charge in [0.25, 0.3) is 0 Å². The first-order chi connectivity index (χ1) is 17.5. The second kappa shape index (κ2) is 11.1. The molecule has 0 amide bonds. The highest BCUT2D eigenvalue weighted by molar-refractivity contribution is 7.53. The van der Waals surface area contributed by atoms with Crippen LogP contribution in [0.4, 0.5) is 5.82 Å². The Bertz CT molecular complexity index is 1170. The number of halogens is 1. The lowest BCUT2D eigenvalue weighted by Crippen LogP contribution is -2.43. The van der Waals surface area contributed by atoms with E-state index < -0.39 is 63.0 Å². The predicted octanol–water partition coefficient (Wildman–Crippen LogP) is 0.911. The van der Waals surface area contributed by atoms with Gasteiger partial charge >= 0.3 is 13.6 Å². The van der Waals surface area contributed by atoms with Gasteiger partial charge < -0.3 is 44.6 Å². The molecular formula is C21H30ClN4O10P. The Labute approximate surface area is 216 Å². The molecule has 0 bridgehead atoms. The molecule has 0 radical (unpaired) electrons. The number of aliphatic hydroxyl groups excluding tert-OH is 2. The third-order valence-corrected chi connectivity index (χ3v) is 8.35. The van der Waals surface area contributed by atoms with Gasteiger partial charge in [-0.2, -0.15) is 4.98 Å². The van der Waals surface area contributed by atoms with Crippen LogP contribution in [0.2, 0.25) is 5.28 Å². The molecule has 3 heterocycles. The van der Waals surface area contributed by atoms with Gasteiger partial charge in [-0.05, 0) is 36.6 Å². The SMILES string of the molecule is COCC(CC(=O)O)(OC[C@H]1O[C@@H](c2ccc3c(NC4CCCC4)nc(Cl)nn23)[C@H](O)[C@@H]1O)P(=O)(O)O. The number of ether oxygens (including phenoxy) is 3. The van der Waals surface area contributed by atoms with Crippen LogP contribution in [0.25, 0.3) is 5.52 Å². The van der Waals surface area contributed by atoms with E-state index in [1.807, 2.05) is 0 Å². The van der Waals surface area contributed by atoms with Crippen molar-refractivity contribution in [2.75, 3.05) is 25.6 Å². The summed E-state index contributed by atoms with van der Waals surface area (Å²) in [6.45, 7) is -1.36. The number of anilines is 1. The molecule has 2 fully saturated rings. The highest BCUT2D eigenvalue weighted by atomic mass is 35.5. The summed E-state index contributed by atoms with van der Waals surface area (Å²) in [5.41, 5.74) is 0.935. The summed E-state index contributed by atoms with van der Waals surface area (Å²) in [5.74, 6) is -1.00. The maximum Gasteiger partial charge on any atom is 0.360 e. The summed E-state index contributed by atoms with van der Waals surface area (Å²) in [5, 5.41) is 35.6. The summed E-state index contributed by atoms with van der Waals surface area (Å²) in [6, 6.07) is 3.61. The zero-order valence-corrected chi connectivity index (χ0v) is 21.6. The van der Waals surface area contributed by atoms with E-state index in [0.29, 0.717) is 17.0 Å². The molecule has 2 aromatic heterocycles. The van der Waals surface area contributed by atoms with Gasteiger partial charge in [-0.1, -0.05) is 12.8 Å². The Kier molecular flexibility index (Phi) is 8.43. The molecule has 37 heavy (non-hydrogen) atoms. The number of hydrogen-bond acceptors (Lipinski definition) is 10. The number of fused-ring (bicyclic) bond motifs is 1. The smallest absolute Gasteiger partial charge is 0.360 e. The number of aromatic nitrogens is 3. The molecule has 16 heteroatoms. The lowest BCUT2D eigenvalue weighted by Gasteiger charge is -2.33. The summed E-state index contributed by atoms with van der Waals surface area (Å²) in [7, 11) is -4.02. The molecule has 1 unspecified atom stereocenters. The summed E-state index contributed by atoms with van der Waals surface area (Å²) in [6.07, 6.45) is -2.18. The van der Waals surface area contributed by atoms with E-state index in [1.165, 1.54) is 4.52 Å². The van der Waals surface area contributed by atoms with Crippen LogP contribution in [-0.4, -0.2) is 95.7 Å². The summed E-state index contributed by atoms with van der Waals surface area (Å²) < 4.78 is 29.6. The van der Waals surface area contributed by atoms with E-state index in [0.717, 1.165) is 32.8 Å². The molecule has 6 N–H and O–H groups in total. The summed E-state index contributed by atoms with van der Waals surface area (Å²) in [4.78, 5) is 35.3. The van der Waals surface area contributed by atoms with Crippen molar-refractivity contribution in [1.82, 2.24) is 14.6 Å². The van der Waals surface area contributed by atoms with Gasteiger partial charge in [0.2, 0.25) is 10.6 Å². The molecule has 2 aromatic rings. The molecular weight excluding hydrogens is 535 g/mol. The second-order valence-electron chi connectivity index (χ2n) is 9.29. The predicted molar refractivity (Wildman–Crippen MR) is 128 cm³/mol. The number of aliphatic hydroxyl groups is 2. The average Bonchev–Trinajstić information content (AvgIpc) is 3.52. The van der Waals surface area contributed by atoms with E-state index in [9.17, 15) is 34.5 Å². The molecule has 0 spiro atoms. The van der Waals surface area contributed by atoms with E-state index in [-0.39, 0.29) is 11.3 Å². The minimum Gasteiger partial charge on any atom is -0.481 e. The molecule has 2 aliphatic rings. The quantitative estimate of drug-likeness (QED) is 0.210. The van der Waals surface area contributed by atoms with Crippen molar-refractivity contribution in [2.45, 2.75) is 67.9 Å². The normalized spacial score (nSPS) is 26.5.